The van der Waals surface area contributed by atoms with Crippen molar-refractivity contribution in [2.75, 3.05) is 36.5 Å². The summed E-state index contributed by atoms with van der Waals surface area (Å²) in [5, 5.41) is 4.40. The summed E-state index contributed by atoms with van der Waals surface area (Å²) < 4.78 is 32.0. The molecule has 11 heteroatoms. The van der Waals surface area contributed by atoms with Gasteiger partial charge in [-0.3, -0.25) is 19.3 Å². The zero-order valence-corrected chi connectivity index (χ0v) is 18.2. The number of para-hydroxylation sites is 2. The van der Waals surface area contributed by atoms with Crippen molar-refractivity contribution in [3.05, 3.63) is 41.8 Å². The summed E-state index contributed by atoms with van der Waals surface area (Å²) in [7, 11) is -3.54. The minimum absolute atomic E-state index is 0.146. The quantitative estimate of drug-likeness (QED) is 0.675. The molecule has 0 aliphatic carbocycles. The highest BCUT2D eigenvalue weighted by Crippen LogP contribution is 2.29. The lowest BCUT2D eigenvalue weighted by Crippen LogP contribution is -2.44. The van der Waals surface area contributed by atoms with Crippen molar-refractivity contribution < 1.29 is 27.5 Å². The van der Waals surface area contributed by atoms with Crippen molar-refractivity contribution in [2.24, 2.45) is 5.92 Å². The molecule has 31 heavy (non-hydrogen) atoms. The Morgan fingerprint density at radius 1 is 1.13 bits per heavy atom. The number of rotatable bonds is 5. The van der Waals surface area contributed by atoms with Crippen molar-refractivity contribution in [3.63, 3.8) is 0 Å². The predicted molar refractivity (Wildman–Crippen MR) is 114 cm³/mol. The van der Waals surface area contributed by atoms with Gasteiger partial charge in [0.05, 0.1) is 17.3 Å². The number of nitrogens with zero attached hydrogens (tertiary/aromatic N) is 2. The molecule has 2 aromatic rings. The zero-order valence-electron chi connectivity index (χ0n) is 16.5. The molecule has 0 atom stereocenters. The number of nitrogens with one attached hydrogen (secondary N) is 1. The molecular weight excluding hydrogens is 442 g/mol. The molecular formula is C20H21N3O6S2. The van der Waals surface area contributed by atoms with Crippen LogP contribution in [-0.4, -0.2) is 56.7 Å². The number of fused-ring (bicyclic) bond motifs is 1. The fraction of sp³-hybridized carbons (Fsp3) is 0.350. The first-order chi connectivity index (χ1) is 14.9. The number of benzene rings is 1. The van der Waals surface area contributed by atoms with Crippen LogP contribution in [0.3, 0.4) is 0 Å². The highest BCUT2D eigenvalue weighted by atomic mass is 32.2. The van der Waals surface area contributed by atoms with Gasteiger partial charge in [0, 0.05) is 13.1 Å². The smallest absolute Gasteiger partial charge is 0.309 e. The van der Waals surface area contributed by atoms with Crippen molar-refractivity contribution in [1.29, 1.82) is 0 Å². The molecule has 0 radical (unpaired) electrons. The van der Waals surface area contributed by atoms with Crippen LogP contribution in [0.2, 0.25) is 0 Å². The molecule has 1 saturated heterocycles. The third-order valence-electron chi connectivity index (χ3n) is 5.29. The Labute approximate surface area is 183 Å². The molecule has 2 amide bonds. The number of anilines is 2. The third-order valence-corrected chi connectivity index (χ3v) is 8.56. The van der Waals surface area contributed by atoms with E-state index in [1.807, 2.05) is 0 Å². The van der Waals surface area contributed by atoms with Gasteiger partial charge < -0.3 is 10.1 Å². The van der Waals surface area contributed by atoms with Crippen molar-refractivity contribution in [1.82, 2.24) is 4.31 Å². The lowest BCUT2D eigenvalue weighted by atomic mass is 9.98. The van der Waals surface area contributed by atoms with Gasteiger partial charge in [-0.2, -0.15) is 4.31 Å². The van der Waals surface area contributed by atoms with E-state index in [-0.39, 0.29) is 29.8 Å². The highest BCUT2D eigenvalue weighted by molar-refractivity contribution is 7.91. The van der Waals surface area contributed by atoms with Crippen LogP contribution in [0.15, 0.2) is 46.0 Å². The second-order valence-corrected chi connectivity index (χ2v) is 10.4. The Balaban J connectivity index is 1.31. The molecule has 9 nitrogen and oxygen atoms in total. The van der Waals surface area contributed by atoms with Crippen molar-refractivity contribution >= 4 is 50.5 Å². The summed E-state index contributed by atoms with van der Waals surface area (Å²) in [4.78, 5) is 38.2. The first-order valence-corrected chi connectivity index (χ1v) is 12.1. The molecule has 4 rings (SSSR count). The van der Waals surface area contributed by atoms with Gasteiger partial charge in [0.25, 0.3) is 15.9 Å². The number of ether oxygens (including phenoxy) is 1. The Hall–Kier alpha value is -2.76. The number of carbonyl (C=O) groups excluding carboxylic acids is 3. The number of esters is 1. The largest absolute Gasteiger partial charge is 0.455 e. The summed E-state index contributed by atoms with van der Waals surface area (Å²) in [5.41, 5.74) is 1.08. The van der Waals surface area contributed by atoms with Gasteiger partial charge in [-0.1, -0.05) is 18.2 Å². The molecule has 1 aromatic carbocycles. The van der Waals surface area contributed by atoms with Gasteiger partial charge in [0.1, 0.15) is 10.8 Å². The number of thiophene rings is 1. The van der Waals surface area contributed by atoms with Crippen molar-refractivity contribution in [2.45, 2.75) is 17.1 Å². The number of hydrogen-bond acceptors (Lipinski definition) is 7. The van der Waals surface area contributed by atoms with Crippen LogP contribution in [0.25, 0.3) is 0 Å². The van der Waals surface area contributed by atoms with Gasteiger partial charge >= 0.3 is 5.97 Å². The Bertz CT molecular complexity index is 1090. The van der Waals surface area contributed by atoms with E-state index < -0.39 is 34.4 Å². The van der Waals surface area contributed by atoms with E-state index in [0.29, 0.717) is 24.2 Å². The summed E-state index contributed by atoms with van der Waals surface area (Å²) in [5.74, 6) is -1.82. The van der Waals surface area contributed by atoms with Crippen LogP contribution in [0, 0.1) is 5.92 Å². The topological polar surface area (TPSA) is 113 Å². The van der Waals surface area contributed by atoms with Gasteiger partial charge in [-0.25, -0.2) is 8.42 Å². The molecule has 1 fully saturated rings. The first-order valence-electron chi connectivity index (χ1n) is 9.76. The summed E-state index contributed by atoms with van der Waals surface area (Å²) in [6, 6.07) is 10.1. The zero-order chi connectivity index (χ0) is 22.0. The average molecular weight is 464 g/mol. The number of amides is 2. The number of hydrogen-bond donors (Lipinski definition) is 1. The number of piperidine rings is 1. The van der Waals surface area contributed by atoms with Gasteiger partial charge in [0.2, 0.25) is 5.91 Å². The number of sulfonamides is 1. The highest BCUT2D eigenvalue weighted by Gasteiger charge is 2.34. The fourth-order valence-corrected chi connectivity index (χ4v) is 6.27. The Morgan fingerprint density at radius 3 is 2.58 bits per heavy atom. The lowest BCUT2D eigenvalue weighted by Gasteiger charge is -2.30. The molecule has 3 heterocycles. The average Bonchev–Trinajstić information content (AvgIpc) is 3.32. The Kier molecular flexibility index (Phi) is 6.08. The second kappa shape index (κ2) is 8.77. The molecule has 2 aliphatic rings. The normalized spacial score (nSPS) is 17.7. The standard InChI is InChI=1S/C20H21N3O6S2/c24-17-12-23(16-5-2-1-4-15(16)21-17)18(25)13-29-20(26)14-7-9-22(10-8-14)31(27,28)19-6-3-11-30-19/h1-6,11,14H,7-10,12-13H2,(H,21,24). The van der Waals surface area contributed by atoms with E-state index in [2.05, 4.69) is 5.32 Å². The molecule has 0 bridgehead atoms. The van der Waals surface area contributed by atoms with E-state index in [1.165, 1.54) is 9.21 Å². The van der Waals surface area contributed by atoms with Crippen LogP contribution >= 0.6 is 11.3 Å². The van der Waals surface area contributed by atoms with Crippen LogP contribution in [0.1, 0.15) is 12.8 Å². The maximum Gasteiger partial charge on any atom is 0.309 e. The maximum atomic E-state index is 12.6. The Morgan fingerprint density at radius 2 is 1.87 bits per heavy atom. The lowest BCUT2D eigenvalue weighted by molar-refractivity contribution is -0.153. The van der Waals surface area contributed by atoms with Gasteiger partial charge in [0.15, 0.2) is 6.61 Å². The second-order valence-electron chi connectivity index (χ2n) is 7.26. The van der Waals surface area contributed by atoms with Crippen LogP contribution in [0.4, 0.5) is 11.4 Å². The minimum atomic E-state index is -3.54. The van der Waals surface area contributed by atoms with Crippen molar-refractivity contribution in [3.8, 4) is 0 Å². The third kappa shape index (κ3) is 4.48. The SMILES string of the molecule is O=C1CN(C(=O)COC(=O)C2CCN(S(=O)(=O)c3cccs3)CC2)c2ccccc2N1. The fourth-order valence-electron chi connectivity index (χ4n) is 3.65. The summed E-state index contributed by atoms with van der Waals surface area (Å²) in [6.07, 6.45) is 0.652. The predicted octanol–water partition coefficient (Wildman–Crippen LogP) is 1.68. The molecule has 0 spiro atoms. The molecule has 1 aromatic heterocycles. The van der Waals surface area contributed by atoms with Gasteiger partial charge in [-0.15, -0.1) is 11.3 Å². The van der Waals surface area contributed by atoms with Crippen LogP contribution < -0.4 is 10.2 Å². The van der Waals surface area contributed by atoms with E-state index in [9.17, 15) is 22.8 Å². The molecule has 1 N–H and O–H groups in total. The van der Waals surface area contributed by atoms with Gasteiger partial charge in [-0.05, 0) is 36.4 Å². The van der Waals surface area contributed by atoms with Crippen LogP contribution in [0.5, 0.6) is 0 Å². The van der Waals surface area contributed by atoms with E-state index >= 15 is 0 Å². The first kappa shape index (κ1) is 21.5. The monoisotopic (exact) mass is 463 g/mol. The van der Waals surface area contributed by atoms with Crippen LogP contribution in [-0.2, 0) is 29.1 Å². The molecule has 0 saturated carbocycles. The summed E-state index contributed by atoms with van der Waals surface area (Å²) >= 11 is 1.16. The number of carbonyl (C=O) groups is 3. The molecule has 2 aliphatic heterocycles. The van der Waals surface area contributed by atoms with E-state index in [1.54, 1.807) is 41.8 Å². The molecule has 0 unspecified atom stereocenters. The minimum Gasteiger partial charge on any atom is -0.455 e. The van der Waals surface area contributed by atoms with E-state index in [4.69, 9.17) is 4.74 Å². The van der Waals surface area contributed by atoms with E-state index in [0.717, 1.165) is 11.3 Å². The maximum absolute atomic E-state index is 12.6. The summed E-state index contributed by atoms with van der Waals surface area (Å²) in [6.45, 7) is -0.193. The molecule has 164 valence electrons.